The van der Waals surface area contributed by atoms with Crippen molar-refractivity contribution in [2.75, 3.05) is 5.73 Å². The van der Waals surface area contributed by atoms with Gasteiger partial charge in [-0.15, -0.1) is 0 Å². The largest absolute Gasteiger partial charge is 0.399 e. The summed E-state index contributed by atoms with van der Waals surface area (Å²) in [6, 6.07) is 29.8. The van der Waals surface area contributed by atoms with Crippen LogP contribution in [0.15, 0.2) is 107 Å². The molecule has 0 aliphatic carbocycles. The summed E-state index contributed by atoms with van der Waals surface area (Å²) in [5, 5.41) is 0.887. The summed E-state index contributed by atoms with van der Waals surface area (Å²) in [6.45, 7) is 0. The van der Waals surface area contributed by atoms with E-state index in [9.17, 15) is 4.79 Å². The molecule has 5 rings (SSSR count). The van der Waals surface area contributed by atoms with E-state index in [4.69, 9.17) is 22.3 Å². The minimum atomic E-state index is -0.201. The second-order valence-corrected chi connectivity index (χ2v) is 7.93. The molecule has 2 N–H and O–H groups in total. The number of benzene rings is 4. The number of anilines is 1. The first-order chi connectivity index (χ1) is 16.1. The Balaban J connectivity index is 1.64. The molecule has 6 heteroatoms. The Labute approximate surface area is 195 Å². The summed E-state index contributed by atoms with van der Waals surface area (Å²) in [4.78, 5) is 22.8. The van der Waals surface area contributed by atoms with E-state index >= 15 is 0 Å². The van der Waals surface area contributed by atoms with E-state index in [2.05, 4.69) is 4.99 Å². The van der Waals surface area contributed by atoms with Crippen molar-refractivity contribution < 1.29 is 0 Å². The van der Waals surface area contributed by atoms with Gasteiger partial charge in [-0.1, -0.05) is 54.1 Å². The number of nitrogens with zero attached hydrogens (tertiary/aromatic N) is 3. The normalized spacial score (nSPS) is 11.3. The van der Waals surface area contributed by atoms with Crippen LogP contribution in [0, 0.1) is 0 Å². The van der Waals surface area contributed by atoms with Crippen LogP contribution >= 0.6 is 11.6 Å². The fourth-order valence-electron chi connectivity index (χ4n) is 3.64. The molecule has 0 amide bonds. The van der Waals surface area contributed by atoms with Crippen molar-refractivity contribution in [3.63, 3.8) is 0 Å². The van der Waals surface area contributed by atoms with Gasteiger partial charge < -0.3 is 5.73 Å². The van der Waals surface area contributed by atoms with Crippen molar-refractivity contribution in [1.29, 1.82) is 0 Å². The van der Waals surface area contributed by atoms with Crippen LogP contribution < -0.4 is 11.3 Å². The molecule has 5 nitrogen and oxygen atoms in total. The van der Waals surface area contributed by atoms with Crippen LogP contribution in [0.2, 0.25) is 5.02 Å². The second-order valence-electron chi connectivity index (χ2n) is 7.52. The van der Waals surface area contributed by atoms with Gasteiger partial charge in [0.25, 0.3) is 5.56 Å². The lowest BCUT2D eigenvalue weighted by molar-refractivity contribution is 0.976. The van der Waals surface area contributed by atoms with Gasteiger partial charge in [-0.2, -0.15) is 0 Å². The molecular weight excluding hydrogens is 432 g/mol. The zero-order chi connectivity index (χ0) is 22.8. The van der Waals surface area contributed by atoms with E-state index in [-0.39, 0.29) is 5.56 Å². The number of nitrogen functional groups attached to an aromatic ring is 1. The number of rotatable bonds is 4. The zero-order valence-electron chi connectivity index (χ0n) is 17.5. The lowest BCUT2D eigenvalue weighted by atomic mass is 10.1. The van der Waals surface area contributed by atoms with Gasteiger partial charge in [0.05, 0.1) is 27.3 Å². The van der Waals surface area contributed by atoms with Crippen molar-refractivity contribution >= 4 is 40.1 Å². The Morgan fingerprint density at radius 3 is 2.36 bits per heavy atom. The van der Waals surface area contributed by atoms with E-state index in [0.29, 0.717) is 33.1 Å². The third kappa shape index (κ3) is 4.14. The fraction of sp³-hybridized carbons (Fsp3) is 0. The highest BCUT2D eigenvalue weighted by atomic mass is 35.5. The molecule has 0 unspecified atom stereocenters. The van der Waals surface area contributed by atoms with Crippen molar-refractivity contribution in [2.24, 2.45) is 4.99 Å². The lowest BCUT2D eigenvalue weighted by Gasteiger charge is -2.15. The first kappa shape index (κ1) is 20.7. The van der Waals surface area contributed by atoms with Gasteiger partial charge in [-0.3, -0.25) is 14.4 Å². The minimum absolute atomic E-state index is 0.201. The van der Waals surface area contributed by atoms with Crippen LogP contribution in [-0.4, -0.2) is 15.8 Å². The monoisotopic (exact) mass is 450 g/mol. The highest BCUT2D eigenvalue weighted by Gasteiger charge is 2.16. The number of aliphatic imine (C=N–C) groups is 1. The number of fused-ring (bicyclic) bond motifs is 1. The second kappa shape index (κ2) is 8.73. The molecule has 0 spiro atoms. The molecule has 0 aliphatic rings. The molecule has 1 aromatic heterocycles. The highest BCUT2D eigenvalue weighted by molar-refractivity contribution is 6.32. The molecule has 5 aromatic rings. The average Bonchev–Trinajstić information content (AvgIpc) is 2.84. The third-order valence-corrected chi connectivity index (χ3v) is 5.58. The molecule has 0 fully saturated rings. The number of aromatic nitrogens is 2. The molecule has 1 heterocycles. The molecular formula is C27H19ClN4O. The molecule has 0 saturated heterocycles. The van der Waals surface area contributed by atoms with Crippen molar-refractivity contribution in [1.82, 2.24) is 9.55 Å². The zero-order valence-corrected chi connectivity index (χ0v) is 18.3. The molecule has 0 saturated carbocycles. The highest BCUT2D eigenvalue weighted by Crippen LogP contribution is 2.28. The predicted molar refractivity (Wildman–Crippen MR) is 136 cm³/mol. The smallest absolute Gasteiger partial charge is 0.266 e. The lowest BCUT2D eigenvalue weighted by Crippen LogP contribution is -2.22. The Bertz CT molecular complexity index is 1540. The molecule has 0 bridgehead atoms. The first-order valence-corrected chi connectivity index (χ1v) is 10.7. The number of nitrogens with two attached hydrogens (primary N) is 1. The Hall–Kier alpha value is -4.22. The maximum atomic E-state index is 13.5. The van der Waals surface area contributed by atoms with Crippen LogP contribution in [0.1, 0.15) is 5.56 Å². The summed E-state index contributed by atoms with van der Waals surface area (Å²) in [5.74, 6) is 0.490. The van der Waals surface area contributed by atoms with E-state index in [1.54, 1.807) is 24.3 Å². The number of hydrogen-bond acceptors (Lipinski definition) is 4. The van der Waals surface area contributed by atoms with Gasteiger partial charge in [0.1, 0.15) is 5.82 Å². The topological polar surface area (TPSA) is 73.3 Å². The third-order valence-electron chi connectivity index (χ3n) is 5.28. The Kier molecular flexibility index (Phi) is 5.47. The van der Waals surface area contributed by atoms with Gasteiger partial charge in [0.15, 0.2) is 0 Å². The first-order valence-electron chi connectivity index (χ1n) is 10.4. The predicted octanol–water partition coefficient (Wildman–Crippen LogP) is 6.04. The van der Waals surface area contributed by atoms with Gasteiger partial charge in [-0.05, 0) is 60.2 Å². The summed E-state index contributed by atoms with van der Waals surface area (Å²) in [6.07, 6.45) is 1.81. The van der Waals surface area contributed by atoms with Gasteiger partial charge in [0, 0.05) is 17.5 Å². The van der Waals surface area contributed by atoms with E-state index in [1.807, 2.05) is 79.0 Å². The van der Waals surface area contributed by atoms with Crippen molar-refractivity contribution in [3.8, 4) is 17.1 Å². The van der Waals surface area contributed by atoms with Gasteiger partial charge in [-0.25, -0.2) is 4.98 Å². The Morgan fingerprint density at radius 1 is 0.879 bits per heavy atom. The van der Waals surface area contributed by atoms with Crippen LogP contribution in [0.5, 0.6) is 0 Å². The number of para-hydroxylation sites is 1. The molecule has 0 radical (unpaired) electrons. The number of hydrogen-bond donors (Lipinski definition) is 1. The van der Waals surface area contributed by atoms with Crippen LogP contribution in [-0.2, 0) is 0 Å². The van der Waals surface area contributed by atoms with E-state index in [0.717, 1.165) is 16.8 Å². The molecule has 160 valence electrons. The van der Waals surface area contributed by atoms with Crippen LogP contribution in [0.25, 0.3) is 28.0 Å². The average molecular weight is 451 g/mol. The standard InChI is InChI=1S/C27H19ClN4O/c28-23-16-20(29)12-15-25(23)32-26(31-24-9-5-4-8-22(24)27(32)33)19-10-13-21(14-11-19)30-17-18-6-2-1-3-7-18/h1-17H,29H2. The maximum Gasteiger partial charge on any atom is 0.266 e. The van der Waals surface area contributed by atoms with Crippen molar-refractivity contribution in [3.05, 3.63) is 118 Å². The Morgan fingerprint density at radius 2 is 1.61 bits per heavy atom. The summed E-state index contributed by atoms with van der Waals surface area (Å²) < 4.78 is 1.53. The molecule has 33 heavy (non-hydrogen) atoms. The SMILES string of the molecule is Nc1ccc(-n2c(-c3ccc(N=Cc4ccccc4)cc3)nc3ccccc3c2=O)c(Cl)c1. The van der Waals surface area contributed by atoms with Gasteiger partial charge >= 0.3 is 0 Å². The van der Waals surface area contributed by atoms with Gasteiger partial charge in [0.2, 0.25) is 0 Å². The van der Waals surface area contributed by atoms with Crippen LogP contribution in [0.4, 0.5) is 11.4 Å². The number of halogens is 1. The summed E-state index contributed by atoms with van der Waals surface area (Å²) >= 11 is 6.48. The fourth-order valence-corrected chi connectivity index (χ4v) is 3.91. The summed E-state index contributed by atoms with van der Waals surface area (Å²) in [7, 11) is 0. The molecule has 4 aromatic carbocycles. The maximum absolute atomic E-state index is 13.5. The quantitative estimate of drug-likeness (QED) is 0.268. The summed E-state index contributed by atoms with van der Waals surface area (Å²) in [5.41, 5.74) is 9.91. The molecule has 0 atom stereocenters. The van der Waals surface area contributed by atoms with E-state index in [1.165, 1.54) is 4.57 Å². The van der Waals surface area contributed by atoms with Crippen LogP contribution in [0.3, 0.4) is 0 Å². The van der Waals surface area contributed by atoms with Crippen molar-refractivity contribution in [2.45, 2.75) is 0 Å². The van der Waals surface area contributed by atoms with E-state index < -0.39 is 0 Å². The minimum Gasteiger partial charge on any atom is -0.399 e. The molecule has 0 aliphatic heterocycles.